The van der Waals surface area contributed by atoms with Crippen molar-refractivity contribution in [3.63, 3.8) is 0 Å². The Hall–Kier alpha value is -2.27. The lowest BCUT2D eigenvalue weighted by Gasteiger charge is -2.38. The van der Waals surface area contributed by atoms with Crippen LogP contribution in [-0.4, -0.2) is 34.1 Å². The van der Waals surface area contributed by atoms with E-state index < -0.39 is 0 Å². The first-order valence-electron chi connectivity index (χ1n) is 9.06. The van der Waals surface area contributed by atoms with E-state index in [-0.39, 0.29) is 24.2 Å². The summed E-state index contributed by atoms with van der Waals surface area (Å²) in [6.07, 6.45) is 7.51. The number of nitrogens with one attached hydrogen (secondary N) is 1. The molecule has 1 aromatic heterocycles. The Kier molecular flexibility index (Phi) is 4.98. The molecule has 2 bridgehead atoms. The van der Waals surface area contributed by atoms with Crippen LogP contribution in [-0.2, 0) is 6.54 Å². The predicted octanol–water partition coefficient (Wildman–Crippen LogP) is 4.02. The molecule has 1 aromatic carbocycles. The number of amides is 2. The van der Waals surface area contributed by atoms with Gasteiger partial charge in [-0.15, -0.1) is 0 Å². The minimum absolute atomic E-state index is 0.0230. The number of carbonyl (C=O) groups excluding carboxylic acids is 1. The predicted molar refractivity (Wildman–Crippen MR) is 100 cm³/mol. The van der Waals surface area contributed by atoms with Crippen LogP contribution < -0.4 is 10.1 Å². The van der Waals surface area contributed by atoms with Gasteiger partial charge in [-0.05, 0) is 42.7 Å². The summed E-state index contributed by atoms with van der Waals surface area (Å²) in [6, 6.07) is 11.9. The molecule has 136 valence electrons. The number of piperidine rings is 1. The van der Waals surface area contributed by atoms with E-state index >= 15 is 0 Å². The molecular weight excluding hydrogens is 350 g/mol. The molecule has 2 saturated heterocycles. The topological polar surface area (TPSA) is 54.5 Å². The number of rotatable bonds is 4. The first-order valence-corrected chi connectivity index (χ1v) is 9.44. The second kappa shape index (κ2) is 7.54. The molecule has 1 N–H and O–H groups in total. The van der Waals surface area contributed by atoms with Gasteiger partial charge in [0, 0.05) is 48.9 Å². The zero-order valence-corrected chi connectivity index (χ0v) is 15.2. The summed E-state index contributed by atoms with van der Waals surface area (Å²) in [4.78, 5) is 18.8. The number of ether oxygens (including phenoxy) is 1. The van der Waals surface area contributed by atoms with Gasteiger partial charge >= 0.3 is 6.03 Å². The third kappa shape index (κ3) is 3.78. The number of aromatic nitrogens is 1. The fourth-order valence-corrected chi connectivity index (χ4v) is 4.16. The SMILES string of the molecule is O=C(NCc1ccc(Cl)cc1)N1C2CCC1CC(Oc1ccncc1)C2. The van der Waals surface area contributed by atoms with Crippen LogP contribution in [0.15, 0.2) is 48.8 Å². The van der Waals surface area contributed by atoms with Crippen LogP contribution in [0.2, 0.25) is 5.02 Å². The molecule has 2 aromatic rings. The molecule has 2 aliphatic heterocycles. The van der Waals surface area contributed by atoms with Crippen molar-refractivity contribution in [3.05, 3.63) is 59.4 Å². The second-order valence-electron chi connectivity index (χ2n) is 6.97. The quantitative estimate of drug-likeness (QED) is 0.883. The Bertz CT molecular complexity index is 739. The lowest BCUT2D eigenvalue weighted by Crippen LogP contribution is -2.52. The van der Waals surface area contributed by atoms with Gasteiger partial charge in [-0.25, -0.2) is 4.79 Å². The second-order valence-corrected chi connectivity index (χ2v) is 7.41. The van der Waals surface area contributed by atoms with Crippen LogP contribution in [0.25, 0.3) is 0 Å². The zero-order chi connectivity index (χ0) is 17.9. The molecule has 2 fully saturated rings. The number of carbonyl (C=O) groups is 1. The van der Waals surface area contributed by atoms with Gasteiger partial charge in [0.2, 0.25) is 0 Å². The van der Waals surface area contributed by atoms with E-state index in [9.17, 15) is 4.79 Å². The van der Waals surface area contributed by atoms with Crippen molar-refractivity contribution in [2.75, 3.05) is 0 Å². The van der Waals surface area contributed by atoms with Gasteiger partial charge < -0.3 is 15.0 Å². The van der Waals surface area contributed by atoms with Crippen LogP contribution in [0.4, 0.5) is 4.79 Å². The molecule has 2 amide bonds. The highest BCUT2D eigenvalue weighted by Gasteiger charge is 2.44. The molecule has 5 nitrogen and oxygen atoms in total. The molecule has 26 heavy (non-hydrogen) atoms. The van der Waals surface area contributed by atoms with Gasteiger partial charge in [-0.3, -0.25) is 4.98 Å². The van der Waals surface area contributed by atoms with Crippen LogP contribution in [0, 0.1) is 0 Å². The highest BCUT2D eigenvalue weighted by molar-refractivity contribution is 6.30. The average Bonchev–Trinajstić information content (AvgIpc) is 2.93. The number of pyridine rings is 1. The molecule has 0 radical (unpaired) electrons. The fourth-order valence-electron chi connectivity index (χ4n) is 4.04. The van der Waals surface area contributed by atoms with Crippen LogP contribution in [0.1, 0.15) is 31.2 Å². The molecule has 3 heterocycles. The minimum Gasteiger partial charge on any atom is -0.490 e. The summed E-state index contributed by atoms with van der Waals surface area (Å²) in [7, 11) is 0. The molecule has 2 unspecified atom stereocenters. The van der Waals surface area contributed by atoms with E-state index in [0.29, 0.717) is 11.6 Å². The van der Waals surface area contributed by atoms with Gasteiger partial charge in [0.1, 0.15) is 11.9 Å². The maximum atomic E-state index is 12.7. The van der Waals surface area contributed by atoms with Crippen molar-refractivity contribution in [2.45, 2.75) is 50.4 Å². The van der Waals surface area contributed by atoms with E-state index in [1.165, 1.54) is 0 Å². The first-order chi connectivity index (χ1) is 12.7. The smallest absolute Gasteiger partial charge is 0.318 e. The maximum absolute atomic E-state index is 12.7. The fraction of sp³-hybridized carbons (Fsp3) is 0.400. The molecule has 0 saturated carbocycles. The summed E-state index contributed by atoms with van der Waals surface area (Å²) >= 11 is 5.90. The summed E-state index contributed by atoms with van der Waals surface area (Å²) in [5.74, 6) is 0.852. The Balaban J connectivity index is 1.34. The number of halogens is 1. The third-order valence-electron chi connectivity index (χ3n) is 5.23. The molecule has 4 rings (SSSR count). The molecular formula is C20H22ClN3O2. The molecule has 0 spiro atoms. The molecule has 6 heteroatoms. The monoisotopic (exact) mass is 371 g/mol. The van der Waals surface area contributed by atoms with E-state index in [2.05, 4.69) is 10.3 Å². The largest absolute Gasteiger partial charge is 0.490 e. The van der Waals surface area contributed by atoms with Crippen molar-refractivity contribution in [3.8, 4) is 5.75 Å². The van der Waals surface area contributed by atoms with Crippen LogP contribution in [0.5, 0.6) is 5.75 Å². The number of hydrogen-bond acceptors (Lipinski definition) is 3. The summed E-state index contributed by atoms with van der Waals surface area (Å²) in [5, 5.41) is 3.75. The highest BCUT2D eigenvalue weighted by atomic mass is 35.5. The standard InChI is InChI=1S/C20H22ClN3O2/c21-15-3-1-14(2-4-15)13-23-20(25)24-16-5-6-17(24)12-19(11-16)26-18-7-9-22-10-8-18/h1-4,7-10,16-17,19H,5-6,11-13H2,(H,23,25). The molecule has 0 aliphatic carbocycles. The average molecular weight is 372 g/mol. The Morgan fingerprint density at radius 2 is 1.77 bits per heavy atom. The van der Waals surface area contributed by atoms with E-state index in [1.807, 2.05) is 41.3 Å². The van der Waals surface area contributed by atoms with Gasteiger partial charge in [-0.1, -0.05) is 23.7 Å². The lowest BCUT2D eigenvalue weighted by molar-refractivity contribution is 0.0686. The van der Waals surface area contributed by atoms with Gasteiger partial charge in [-0.2, -0.15) is 0 Å². The lowest BCUT2D eigenvalue weighted by atomic mass is 10.00. The molecule has 2 aliphatic rings. The van der Waals surface area contributed by atoms with Crippen molar-refractivity contribution < 1.29 is 9.53 Å². The van der Waals surface area contributed by atoms with E-state index in [0.717, 1.165) is 37.0 Å². The zero-order valence-electron chi connectivity index (χ0n) is 14.5. The van der Waals surface area contributed by atoms with Crippen molar-refractivity contribution in [2.24, 2.45) is 0 Å². The number of nitrogens with zero attached hydrogens (tertiary/aromatic N) is 2. The summed E-state index contributed by atoms with van der Waals surface area (Å²) < 4.78 is 6.09. The van der Waals surface area contributed by atoms with Crippen molar-refractivity contribution in [1.82, 2.24) is 15.2 Å². The normalized spacial score (nSPS) is 24.3. The van der Waals surface area contributed by atoms with Gasteiger partial charge in [0.15, 0.2) is 0 Å². The third-order valence-corrected chi connectivity index (χ3v) is 5.49. The van der Waals surface area contributed by atoms with Crippen molar-refractivity contribution >= 4 is 17.6 Å². The number of fused-ring (bicyclic) bond motifs is 2. The Morgan fingerprint density at radius 3 is 2.42 bits per heavy atom. The number of benzene rings is 1. The van der Waals surface area contributed by atoms with Gasteiger partial charge in [0.25, 0.3) is 0 Å². The first kappa shape index (κ1) is 17.2. The van der Waals surface area contributed by atoms with Crippen molar-refractivity contribution in [1.29, 1.82) is 0 Å². The summed E-state index contributed by atoms with van der Waals surface area (Å²) in [5.41, 5.74) is 1.05. The number of urea groups is 1. The Labute approximate surface area is 158 Å². The molecule has 2 atom stereocenters. The van der Waals surface area contributed by atoms with Crippen LogP contribution in [0.3, 0.4) is 0 Å². The van der Waals surface area contributed by atoms with Crippen LogP contribution >= 0.6 is 11.6 Å². The number of hydrogen-bond donors (Lipinski definition) is 1. The van der Waals surface area contributed by atoms with Gasteiger partial charge in [0.05, 0.1) is 0 Å². The summed E-state index contributed by atoms with van der Waals surface area (Å²) in [6.45, 7) is 0.517. The van der Waals surface area contributed by atoms with E-state index in [4.69, 9.17) is 16.3 Å². The minimum atomic E-state index is 0.0230. The highest BCUT2D eigenvalue weighted by Crippen LogP contribution is 2.37. The Morgan fingerprint density at radius 1 is 1.12 bits per heavy atom. The van der Waals surface area contributed by atoms with E-state index in [1.54, 1.807) is 12.4 Å². The maximum Gasteiger partial charge on any atom is 0.318 e.